The summed E-state index contributed by atoms with van der Waals surface area (Å²) in [6.45, 7) is 5.27. The average Bonchev–Trinajstić information content (AvgIpc) is 2.79. The van der Waals surface area contributed by atoms with Crippen molar-refractivity contribution in [1.29, 1.82) is 0 Å². The Morgan fingerprint density at radius 1 is 1.00 bits per heavy atom. The Hall–Kier alpha value is -4.27. The van der Waals surface area contributed by atoms with Crippen molar-refractivity contribution in [2.75, 3.05) is 11.9 Å². The highest BCUT2D eigenvalue weighted by atomic mass is 16.6. The summed E-state index contributed by atoms with van der Waals surface area (Å²) in [6.07, 6.45) is 5.61. The van der Waals surface area contributed by atoms with Crippen molar-refractivity contribution in [2.45, 2.75) is 70.6 Å². The first-order valence-corrected chi connectivity index (χ1v) is 11.7. The van der Waals surface area contributed by atoms with E-state index in [1.54, 1.807) is 45.0 Å². The summed E-state index contributed by atoms with van der Waals surface area (Å²) < 4.78 is 5.34. The molecule has 2 atom stereocenters. The fraction of sp³-hybridized carbons (Fsp3) is 0.480. The lowest BCUT2D eigenvalue weighted by atomic mass is 10.1. The Balaban J connectivity index is 2.61. The van der Waals surface area contributed by atoms with Crippen LogP contribution in [0, 0.1) is 12.3 Å². The second kappa shape index (κ2) is 15.0. The number of aliphatic carboxylic acids is 2. The first-order chi connectivity index (χ1) is 17.3. The summed E-state index contributed by atoms with van der Waals surface area (Å²) in [4.78, 5) is 59.1. The maximum Gasteiger partial charge on any atom is 0.329 e. The number of carbonyl (C=O) groups is 5. The molecule has 0 radical (unpaired) electrons. The summed E-state index contributed by atoms with van der Waals surface area (Å²) >= 11 is 0. The van der Waals surface area contributed by atoms with Crippen LogP contribution < -0.4 is 21.3 Å². The van der Waals surface area contributed by atoms with Crippen LogP contribution in [0.3, 0.4) is 0 Å². The number of rotatable bonds is 13. The van der Waals surface area contributed by atoms with Gasteiger partial charge < -0.3 is 36.2 Å². The van der Waals surface area contributed by atoms with Crippen molar-refractivity contribution < 1.29 is 38.9 Å². The monoisotopic (exact) mass is 518 g/mol. The smallest absolute Gasteiger partial charge is 0.329 e. The molecule has 0 aliphatic rings. The zero-order valence-electron chi connectivity index (χ0n) is 21.1. The summed E-state index contributed by atoms with van der Waals surface area (Å²) in [5, 5.41) is 27.9. The van der Waals surface area contributed by atoms with Gasteiger partial charge in [-0.2, -0.15) is 0 Å². The van der Waals surface area contributed by atoms with Crippen LogP contribution in [0.5, 0.6) is 0 Å². The Bertz CT molecular complexity index is 1010. The van der Waals surface area contributed by atoms with Gasteiger partial charge in [0.1, 0.15) is 17.7 Å². The molecule has 0 fully saturated rings. The van der Waals surface area contributed by atoms with Crippen LogP contribution in [-0.2, 0) is 19.1 Å². The third-order valence-electron chi connectivity index (χ3n) is 4.74. The van der Waals surface area contributed by atoms with E-state index in [1.165, 1.54) is 0 Å². The number of anilines is 1. The quantitative estimate of drug-likeness (QED) is 0.130. The van der Waals surface area contributed by atoms with Crippen molar-refractivity contribution in [3.63, 3.8) is 0 Å². The maximum absolute atomic E-state index is 12.6. The molecule has 202 valence electrons. The van der Waals surface area contributed by atoms with E-state index in [0.717, 1.165) is 0 Å². The normalized spacial score (nSPS) is 12.3. The standard InChI is InChI=1S/C25H34N4O8/c1-5-16-9-8-10-17(15-16)27-23(35)26-14-7-6-11-19(22(34)37-25(2,3)4)29-24(36)28-18(21(32)33)12-13-20(30)31/h1,8-10,15,18-19H,6-7,11-14H2,2-4H3,(H,30,31)(H,32,33)(H2,26,27,35)(H2,28,29,36)/t18-,19-/m0/s1. The fourth-order valence-electron chi connectivity index (χ4n) is 3.04. The highest BCUT2D eigenvalue weighted by Crippen LogP contribution is 2.12. The van der Waals surface area contributed by atoms with Gasteiger partial charge >= 0.3 is 30.0 Å². The van der Waals surface area contributed by atoms with E-state index >= 15 is 0 Å². The molecule has 0 heterocycles. The van der Waals surface area contributed by atoms with Crippen LogP contribution in [0.25, 0.3) is 0 Å². The third kappa shape index (κ3) is 13.4. The molecule has 0 unspecified atom stereocenters. The van der Waals surface area contributed by atoms with Gasteiger partial charge in [0, 0.05) is 24.2 Å². The molecule has 0 saturated carbocycles. The van der Waals surface area contributed by atoms with E-state index in [0.29, 0.717) is 24.1 Å². The summed E-state index contributed by atoms with van der Waals surface area (Å²) in [5.41, 5.74) is 0.338. The number of terminal acetylenes is 1. The number of urea groups is 2. The van der Waals surface area contributed by atoms with Crippen LogP contribution in [0.4, 0.5) is 15.3 Å². The van der Waals surface area contributed by atoms with Crippen LogP contribution in [0.1, 0.15) is 58.4 Å². The molecule has 37 heavy (non-hydrogen) atoms. The highest BCUT2D eigenvalue weighted by molar-refractivity contribution is 5.89. The lowest BCUT2D eigenvalue weighted by molar-refractivity contribution is -0.157. The van der Waals surface area contributed by atoms with Crippen LogP contribution in [0.15, 0.2) is 24.3 Å². The molecule has 1 aromatic rings. The van der Waals surface area contributed by atoms with Gasteiger partial charge in [0.2, 0.25) is 0 Å². The number of carboxylic acid groups (broad SMARTS) is 2. The van der Waals surface area contributed by atoms with Gasteiger partial charge in [0.05, 0.1) is 0 Å². The largest absolute Gasteiger partial charge is 0.481 e. The fourth-order valence-corrected chi connectivity index (χ4v) is 3.04. The molecule has 0 aromatic heterocycles. The predicted octanol–water partition coefficient (Wildman–Crippen LogP) is 2.29. The Morgan fingerprint density at radius 3 is 2.27 bits per heavy atom. The first-order valence-electron chi connectivity index (χ1n) is 11.7. The number of carboxylic acids is 2. The van der Waals surface area contributed by atoms with Crippen molar-refractivity contribution in [2.24, 2.45) is 0 Å². The van der Waals surface area contributed by atoms with Crippen molar-refractivity contribution >= 4 is 35.7 Å². The van der Waals surface area contributed by atoms with E-state index in [9.17, 15) is 29.1 Å². The summed E-state index contributed by atoms with van der Waals surface area (Å²) in [5.74, 6) is -0.839. The number of esters is 1. The zero-order chi connectivity index (χ0) is 28.0. The molecular weight excluding hydrogens is 484 g/mol. The van der Waals surface area contributed by atoms with Gasteiger partial charge in [-0.25, -0.2) is 19.2 Å². The molecule has 4 amide bonds. The minimum absolute atomic E-state index is 0.155. The van der Waals surface area contributed by atoms with Gasteiger partial charge in [-0.05, 0) is 64.7 Å². The Morgan fingerprint density at radius 2 is 1.68 bits per heavy atom. The molecule has 0 bridgehead atoms. The van der Waals surface area contributed by atoms with Gasteiger partial charge in [-0.1, -0.05) is 12.0 Å². The van der Waals surface area contributed by atoms with Crippen molar-refractivity contribution in [3.05, 3.63) is 29.8 Å². The molecule has 12 nitrogen and oxygen atoms in total. The Labute approximate surface area is 215 Å². The number of carbonyl (C=O) groups excluding carboxylic acids is 3. The van der Waals surface area contributed by atoms with Gasteiger partial charge in [0.15, 0.2) is 0 Å². The topological polar surface area (TPSA) is 183 Å². The van der Waals surface area contributed by atoms with Crippen LogP contribution in [0.2, 0.25) is 0 Å². The maximum atomic E-state index is 12.6. The number of benzene rings is 1. The molecule has 6 N–H and O–H groups in total. The summed E-state index contributed by atoms with van der Waals surface area (Å²) in [7, 11) is 0. The van der Waals surface area contributed by atoms with Gasteiger partial charge in [0.25, 0.3) is 0 Å². The minimum Gasteiger partial charge on any atom is -0.481 e. The van der Waals surface area contributed by atoms with Crippen LogP contribution >= 0.6 is 0 Å². The van der Waals surface area contributed by atoms with Gasteiger partial charge in [-0.15, -0.1) is 6.42 Å². The molecule has 12 heteroatoms. The second-order valence-corrected chi connectivity index (χ2v) is 9.13. The molecule has 0 aliphatic carbocycles. The van der Waals surface area contributed by atoms with E-state index in [-0.39, 0.29) is 19.4 Å². The third-order valence-corrected chi connectivity index (χ3v) is 4.74. The van der Waals surface area contributed by atoms with E-state index in [2.05, 4.69) is 27.2 Å². The molecule has 1 rings (SSSR count). The first kappa shape index (κ1) is 30.8. The number of amides is 4. The Kier molecular flexibility index (Phi) is 12.5. The second-order valence-electron chi connectivity index (χ2n) is 9.13. The lowest BCUT2D eigenvalue weighted by Gasteiger charge is -2.25. The SMILES string of the molecule is C#Cc1cccc(NC(=O)NCCCC[C@H](NC(=O)N[C@@H](CCC(=O)O)C(=O)O)C(=O)OC(C)(C)C)c1. The molecule has 0 aliphatic heterocycles. The lowest BCUT2D eigenvalue weighted by Crippen LogP contribution is -2.52. The average molecular weight is 519 g/mol. The zero-order valence-corrected chi connectivity index (χ0v) is 21.1. The highest BCUT2D eigenvalue weighted by Gasteiger charge is 2.28. The summed E-state index contributed by atoms with van der Waals surface area (Å²) in [6, 6.07) is 2.88. The van der Waals surface area contributed by atoms with Crippen molar-refractivity contribution in [3.8, 4) is 12.3 Å². The van der Waals surface area contributed by atoms with Crippen molar-refractivity contribution in [1.82, 2.24) is 16.0 Å². The number of nitrogens with one attached hydrogen (secondary N) is 4. The predicted molar refractivity (Wildman–Crippen MR) is 135 cm³/mol. The molecule has 0 saturated heterocycles. The number of hydrogen-bond donors (Lipinski definition) is 6. The minimum atomic E-state index is -1.44. The molecule has 0 spiro atoms. The van der Waals surface area contributed by atoms with E-state index in [4.69, 9.17) is 16.3 Å². The number of unbranched alkanes of at least 4 members (excludes halogenated alkanes) is 1. The number of ether oxygens (including phenoxy) is 1. The van der Waals surface area contributed by atoms with Crippen LogP contribution in [-0.4, -0.2) is 64.4 Å². The van der Waals surface area contributed by atoms with E-state index in [1.807, 2.05) is 0 Å². The van der Waals surface area contributed by atoms with Gasteiger partial charge in [-0.3, -0.25) is 4.79 Å². The number of hydrogen-bond acceptors (Lipinski definition) is 6. The molecular formula is C25H34N4O8. The van der Waals surface area contributed by atoms with E-state index < -0.39 is 54.1 Å². The molecule has 1 aromatic carbocycles.